The van der Waals surface area contributed by atoms with E-state index in [2.05, 4.69) is 20.8 Å². The monoisotopic (exact) mass is 766 g/mol. The van der Waals surface area contributed by atoms with Crippen LogP contribution in [0.5, 0.6) is 0 Å². The smallest absolute Gasteiger partial charge is 0.276 e. The van der Waals surface area contributed by atoms with Gasteiger partial charge in [0, 0.05) is 37.4 Å². The Morgan fingerprint density at radius 3 is 1.38 bits per heavy atom. The van der Waals surface area contributed by atoms with Crippen LogP contribution >= 0.6 is 0 Å². The van der Waals surface area contributed by atoms with Crippen molar-refractivity contribution in [2.45, 2.75) is 79.9 Å². The van der Waals surface area contributed by atoms with Crippen molar-refractivity contribution in [1.82, 2.24) is 38.7 Å². The molecule has 0 saturated heterocycles. The predicted molar refractivity (Wildman–Crippen MR) is 209 cm³/mol. The molecule has 0 saturated carbocycles. The van der Waals surface area contributed by atoms with Gasteiger partial charge in [-0.05, 0) is 90.1 Å². The molecule has 0 fully saturated rings. The highest BCUT2D eigenvalue weighted by molar-refractivity contribution is 6.04. The van der Waals surface area contributed by atoms with Crippen LogP contribution < -0.4 is 22.1 Å². The number of amides is 4. The lowest BCUT2D eigenvalue weighted by Gasteiger charge is -2.29. The topological polar surface area (TPSA) is 234 Å². The molecule has 56 heavy (non-hydrogen) atoms. The number of imidazole rings is 2. The number of nitrogens with zero attached hydrogens (tertiary/aromatic N) is 8. The van der Waals surface area contributed by atoms with Crippen LogP contribution in [0.4, 0.5) is 11.9 Å². The van der Waals surface area contributed by atoms with Crippen molar-refractivity contribution in [2.24, 2.45) is 11.5 Å². The molecular formula is C38H46N12O6. The summed E-state index contributed by atoms with van der Waals surface area (Å²) in [7, 11) is 0. The number of aromatic nitrogens is 8. The van der Waals surface area contributed by atoms with Crippen molar-refractivity contribution in [2.75, 3.05) is 23.8 Å². The Bertz CT molecular complexity index is 2270. The molecule has 6 aromatic rings. The number of carbonyl (C=O) groups excluding carboxylic acids is 4. The van der Waals surface area contributed by atoms with Crippen LogP contribution in [0, 0.1) is 13.8 Å². The third-order valence-electron chi connectivity index (χ3n) is 9.29. The Hall–Kier alpha value is -6.40. The van der Waals surface area contributed by atoms with Gasteiger partial charge in [-0.25, -0.2) is 9.97 Å². The van der Waals surface area contributed by atoms with E-state index in [0.29, 0.717) is 71.1 Å². The molecule has 0 spiro atoms. The standard InChI is InChI=1S/C38H46N12O6/c1-7-49-29(15-21(5)45-49)35(53)43-37-41-25-17-23(33(39)51)11-13-27(25)47(37)19-31(55-9-3)32(56-10-4)20-48-28-14-12-24(34(40)52)18-26(28)42-38(48)44-36(54)30-16-22(6)46-50(30)8-2/h11-18,31-32H,7-10,19-20H2,1-6H3,(H2,39,51)(H2,40,52)(H,41,43,53)(H,42,44,54). The van der Waals surface area contributed by atoms with E-state index in [1.165, 1.54) is 0 Å². The fourth-order valence-corrected chi connectivity index (χ4v) is 6.74. The molecule has 0 aliphatic rings. The van der Waals surface area contributed by atoms with Crippen molar-refractivity contribution < 1.29 is 28.7 Å². The van der Waals surface area contributed by atoms with Crippen molar-refractivity contribution in [1.29, 1.82) is 0 Å². The molecule has 2 aromatic carbocycles. The zero-order valence-electron chi connectivity index (χ0n) is 32.2. The molecule has 4 aromatic heterocycles. The first-order valence-corrected chi connectivity index (χ1v) is 18.4. The van der Waals surface area contributed by atoms with Gasteiger partial charge in [0.2, 0.25) is 23.7 Å². The zero-order chi connectivity index (χ0) is 40.3. The summed E-state index contributed by atoms with van der Waals surface area (Å²) < 4.78 is 19.6. The third kappa shape index (κ3) is 8.01. The molecule has 18 heteroatoms. The normalized spacial score (nSPS) is 12.6. The molecule has 0 radical (unpaired) electrons. The average Bonchev–Trinajstić information content (AvgIpc) is 3.93. The van der Waals surface area contributed by atoms with Gasteiger partial charge < -0.3 is 30.1 Å². The molecule has 294 valence electrons. The van der Waals surface area contributed by atoms with Crippen LogP contribution in [0.3, 0.4) is 0 Å². The number of carbonyl (C=O) groups is 4. The fourth-order valence-electron chi connectivity index (χ4n) is 6.74. The molecule has 0 aliphatic carbocycles. The number of nitrogens with two attached hydrogens (primary N) is 2. The maximum Gasteiger partial charge on any atom is 0.276 e. The van der Waals surface area contributed by atoms with Gasteiger partial charge in [0.25, 0.3) is 11.8 Å². The van der Waals surface area contributed by atoms with Crippen LogP contribution in [0.2, 0.25) is 0 Å². The van der Waals surface area contributed by atoms with E-state index < -0.39 is 35.8 Å². The number of primary amides is 2. The molecule has 6 N–H and O–H groups in total. The maximum absolute atomic E-state index is 13.7. The first kappa shape index (κ1) is 39.3. The molecule has 4 amide bonds. The molecule has 2 unspecified atom stereocenters. The van der Waals surface area contributed by atoms with Crippen LogP contribution in [-0.4, -0.2) is 87.7 Å². The Morgan fingerprint density at radius 2 is 1.04 bits per heavy atom. The lowest BCUT2D eigenvalue weighted by atomic mass is 10.1. The van der Waals surface area contributed by atoms with Crippen LogP contribution in [0.1, 0.15) is 80.8 Å². The summed E-state index contributed by atoms with van der Waals surface area (Å²) >= 11 is 0. The number of hydrogen-bond donors (Lipinski definition) is 4. The second-order valence-electron chi connectivity index (χ2n) is 13.1. The predicted octanol–water partition coefficient (Wildman–Crippen LogP) is 3.65. The van der Waals surface area contributed by atoms with E-state index in [9.17, 15) is 19.2 Å². The summed E-state index contributed by atoms with van der Waals surface area (Å²) in [5, 5.41) is 14.7. The van der Waals surface area contributed by atoms with E-state index in [0.717, 1.165) is 0 Å². The quantitative estimate of drug-likeness (QED) is 0.105. The van der Waals surface area contributed by atoms with Crippen molar-refractivity contribution in [3.8, 4) is 0 Å². The molecular weight excluding hydrogens is 720 g/mol. The number of anilines is 2. The maximum atomic E-state index is 13.7. The molecule has 2 atom stereocenters. The van der Waals surface area contributed by atoms with E-state index in [1.54, 1.807) is 67.0 Å². The molecule has 6 rings (SSSR count). The van der Waals surface area contributed by atoms with Crippen LogP contribution in [-0.2, 0) is 35.7 Å². The van der Waals surface area contributed by atoms with E-state index in [1.807, 2.05) is 41.5 Å². The second-order valence-corrected chi connectivity index (χ2v) is 13.1. The minimum atomic E-state index is -0.665. The lowest BCUT2D eigenvalue weighted by molar-refractivity contribution is -0.0788. The van der Waals surface area contributed by atoms with E-state index in [-0.39, 0.29) is 36.1 Å². The van der Waals surface area contributed by atoms with Gasteiger partial charge in [-0.2, -0.15) is 10.2 Å². The molecule has 18 nitrogen and oxygen atoms in total. The van der Waals surface area contributed by atoms with Crippen molar-refractivity contribution in [3.05, 3.63) is 82.4 Å². The highest BCUT2D eigenvalue weighted by Gasteiger charge is 2.29. The highest BCUT2D eigenvalue weighted by atomic mass is 16.5. The number of ether oxygens (including phenoxy) is 2. The number of hydrogen-bond acceptors (Lipinski definition) is 10. The van der Waals surface area contributed by atoms with Gasteiger partial charge in [0.1, 0.15) is 23.6 Å². The Kier molecular flexibility index (Phi) is 11.6. The van der Waals surface area contributed by atoms with Gasteiger partial charge in [0.05, 0.1) is 46.5 Å². The molecule has 4 heterocycles. The van der Waals surface area contributed by atoms with Gasteiger partial charge in [0.15, 0.2) is 0 Å². The SMILES string of the molecule is CCOC(Cn1c(NC(=O)c2cc(C)nn2CC)nc2cc(C(N)=O)ccc21)C(Cn1c(NC(=O)c2cc(C)nn2CC)nc2cc(C(N)=O)ccc21)OCC. The van der Waals surface area contributed by atoms with E-state index in [4.69, 9.17) is 30.9 Å². The number of rotatable bonds is 17. The fraction of sp³-hybridized carbons (Fsp3) is 0.368. The van der Waals surface area contributed by atoms with Gasteiger partial charge in [-0.1, -0.05) is 0 Å². The van der Waals surface area contributed by atoms with Crippen LogP contribution in [0.25, 0.3) is 22.1 Å². The molecule has 0 aliphatic heterocycles. The number of fused-ring (bicyclic) bond motifs is 2. The summed E-state index contributed by atoms with van der Waals surface area (Å²) in [6.45, 7) is 13.0. The first-order chi connectivity index (χ1) is 26.8. The lowest BCUT2D eigenvalue weighted by Crippen LogP contribution is -2.39. The Morgan fingerprint density at radius 1 is 0.643 bits per heavy atom. The summed E-state index contributed by atoms with van der Waals surface area (Å²) in [5.74, 6) is -1.68. The minimum Gasteiger partial charge on any atom is -0.374 e. The van der Waals surface area contributed by atoms with Crippen molar-refractivity contribution in [3.63, 3.8) is 0 Å². The average molecular weight is 767 g/mol. The number of benzene rings is 2. The van der Waals surface area contributed by atoms with E-state index >= 15 is 0 Å². The third-order valence-corrected chi connectivity index (χ3v) is 9.29. The highest BCUT2D eigenvalue weighted by Crippen LogP contribution is 2.27. The summed E-state index contributed by atoms with van der Waals surface area (Å²) in [6, 6.07) is 13.1. The zero-order valence-corrected chi connectivity index (χ0v) is 32.2. The van der Waals surface area contributed by atoms with Gasteiger partial charge >= 0.3 is 0 Å². The van der Waals surface area contributed by atoms with Crippen molar-refractivity contribution >= 4 is 57.6 Å². The largest absolute Gasteiger partial charge is 0.374 e. The number of nitrogens with one attached hydrogen (secondary N) is 2. The first-order valence-electron chi connectivity index (χ1n) is 18.4. The summed E-state index contributed by atoms with van der Waals surface area (Å²) in [5.41, 5.74) is 15.9. The Balaban J connectivity index is 1.41. The minimum absolute atomic E-state index is 0.141. The van der Waals surface area contributed by atoms with Gasteiger partial charge in [-0.15, -0.1) is 0 Å². The van der Waals surface area contributed by atoms with Crippen LogP contribution in [0.15, 0.2) is 48.5 Å². The van der Waals surface area contributed by atoms with Gasteiger partial charge in [-0.3, -0.25) is 39.2 Å². The summed E-state index contributed by atoms with van der Waals surface area (Å²) in [6.07, 6.45) is -1.33. The number of aryl methyl sites for hydroxylation is 4. The summed E-state index contributed by atoms with van der Waals surface area (Å²) in [4.78, 5) is 61.1. The molecule has 0 bridgehead atoms. The second kappa shape index (κ2) is 16.5. The Labute approximate surface area is 322 Å².